The summed E-state index contributed by atoms with van der Waals surface area (Å²) in [5.74, 6) is -0.117. The van der Waals surface area contributed by atoms with Crippen LogP contribution < -0.4 is 0 Å². The fraction of sp³-hybridized carbons (Fsp3) is 0.917. The van der Waals surface area contributed by atoms with Crippen molar-refractivity contribution in [3.8, 4) is 0 Å². The Hall–Kier alpha value is -1.34. The number of rotatable bonds is 4. The highest BCUT2D eigenvalue weighted by Crippen LogP contribution is 2.43. The molecule has 2 heterocycles. The van der Waals surface area contributed by atoms with Gasteiger partial charge in [-0.25, -0.2) is 4.79 Å². The van der Waals surface area contributed by atoms with Crippen molar-refractivity contribution in [3.05, 3.63) is 0 Å². The Morgan fingerprint density at radius 2 is 1.71 bits per heavy atom. The third-order valence-corrected chi connectivity index (χ3v) is 6.80. The summed E-state index contributed by atoms with van der Waals surface area (Å²) in [7, 11) is 1.42. The van der Waals surface area contributed by atoms with E-state index in [0.717, 1.165) is 25.7 Å². The Morgan fingerprint density at radius 1 is 1.03 bits per heavy atom. The SMILES string of the molecule is COC(=O)C1CCCOC1[C@@H]1OC(C)(C)N(C(=O)OC(C)(C)C)[C@@H]1CC1CCCCC1. The third-order valence-electron chi connectivity index (χ3n) is 6.80. The number of nitrogens with zero attached hydrogens (tertiary/aromatic N) is 1. The molecule has 3 fully saturated rings. The minimum atomic E-state index is -0.853. The molecule has 7 heteroatoms. The maximum atomic E-state index is 13.3. The lowest BCUT2D eigenvalue weighted by Crippen LogP contribution is -2.53. The van der Waals surface area contributed by atoms with Gasteiger partial charge < -0.3 is 18.9 Å². The number of ether oxygens (including phenoxy) is 4. The van der Waals surface area contributed by atoms with Crippen molar-refractivity contribution in [3.63, 3.8) is 0 Å². The first kappa shape index (κ1) is 24.3. The van der Waals surface area contributed by atoms with E-state index in [0.29, 0.717) is 18.9 Å². The fourth-order valence-corrected chi connectivity index (χ4v) is 5.50. The lowest BCUT2D eigenvalue weighted by molar-refractivity contribution is -0.172. The van der Waals surface area contributed by atoms with E-state index in [1.807, 2.05) is 34.6 Å². The van der Waals surface area contributed by atoms with E-state index < -0.39 is 23.5 Å². The summed E-state index contributed by atoms with van der Waals surface area (Å²) in [5.41, 5.74) is -1.45. The van der Waals surface area contributed by atoms with Crippen LogP contribution in [0.15, 0.2) is 0 Å². The molecule has 4 atom stereocenters. The Labute approximate surface area is 187 Å². The molecule has 1 amide bonds. The molecule has 1 saturated carbocycles. The van der Waals surface area contributed by atoms with Crippen LogP contribution in [0.5, 0.6) is 0 Å². The molecular formula is C24H41NO6. The molecule has 0 radical (unpaired) electrons. The second-order valence-corrected chi connectivity index (χ2v) is 10.8. The Bertz CT molecular complexity index is 636. The molecule has 31 heavy (non-hydrogen) atoms. The summed E-state index contributed by atoms with van der Waals surface area (Å²) >= 11 is 0. The number of esters is 1. The van der Waals surface area contributed by atoms with Crippen LogP contribution in [0.2, 0.25) is 0 Å². The van der Waals surface area contributed by atoms with Crippen molar-refractivity contribution in [2.24, 2.45) is 11.8 Å². The smallest absolute Gasteiger partial charge is 0.412 e. The van der Waals surface area contributed by atoms with Crippen LogP contribution in [0.1, 0.15) is 86.0 Å². The van der Waals surface area contributed by atoms with Gasteiger partial charge in [-0.1, -0.05) is 32.1 Å². The molecule has 0 N–H and O–H groups in total. The zero-order valence-corrected chi connectivity index (χ0v) is 20.1. The van der Waals surface area contributed by atoms with Crippen molar-refractivity contribution < 1.29 is 28.5 Å². The van der Waals surface area contributed by atoms with Crippen LogP contribution in [-0.2, 0) is 23.7 Å². The predicted octanol–water partition coefficient (Wildman–Crippen LogP) is 4.67. The average molecular weight is 440 g/mol. The highest BCUT2D eigenvalue weighted by molar-refractivity contribution is 5.73. The predicted molar refractivity (Wildman–Crippen MR) is 116 cm³/mol. The number of hydrogen-bond donors (Lipinski definition) is 0. The number of hydrogen-bond acceptors (Lipinski definition) is 6. The van der Waals surface area contributed by atoms with Gasteiger partial charge in [-0.05, 0) is 59.8 Å². The zero-order valence-electron chi connectivity index (χ0n) is 20.1. The van der Waals surface area contributed by atoms with Gasteiger partial charge in [0.2, 0.25) is 0 Å². The van der Waals surface area contributed by atoms with Crippen LogP contribution in [0.25, 0.3) is 0 Å². The van der Waals surface area contributed by atoms with E-state index in [9.17, 15) is 9.59 Å². The van der Waals surface area contributed by atoms with Crippen LogP contribution in [0.4, 0.5) is 4.79 Å². The third kappa shape index (κ3) is 5.72. The summed E-state index contributed by atoms with van der Waals surface area (Å²) in [6.45, 7) is 10.0. The number of methoxy groups -OCH3 is 1. The van der Waals surface area contributed by atoms with E-state index in [1.165, 1.54) is 26.4 Å². The molecule has 0 aromatic rings. The summed E-state index contributed by atoms with van der Waals surface area (Å²) in [6, 6.07) is -0.205. The fourth-order valence-electron chi connectivity index (χ4n) is 5.50. The van der Waals surface area contributed by atoms with E-state index in [4.69, 9.17) is 18.9 Å². The molecule has 7 nitrogen and oxygen atoms in total. The number of carbonyl (C=O) groups is 2. The highest BCUT2D eigenvalue weighted by Gasteiger charge is 2.56. The van der Waals surface area contributed by atoms with E-state index in [1.54, 1.807) is 4.90 Å². The van der Waals surface area contributed by atoms with Gasteiger partial charge in [0.15, 0.2) is 0 Å². The van der Waals surface area contributed by atoms with Gasteiger partial charge in [0.25, 0.3) is 0 Å². The molecule has 3 aliphatic rings. The molecule has 0 aromatic carbocycles. The van der Waals surface area contributed by atoms with E-state index in [2.05, 4.69) is 0 Å². The average Bonchev–Trinajstić information content (AvgIpc) is 2.97. The summed E-state index contributed by atoms with van der Waals surface area (Å²) in [5, 5.41) is 0. The van der Waals surface area contributed by atoms with Gasteiger partial charge in [-0.2, -0.15) is 0 Å². The van der Waals surface area contributed by atoms with Crippen molar-refractivity contribution in [1.82, 2.24) is 4.90 Å². The first-order valence-corrected chi connectivity index (χ1v) is 11.9. The molecule has 178 valence electrons. The normalized spacial score (nSPS) is 32.0. The summed E-state index contributed by atoms with van der Waals surface area (Å²) in [6.07, 6.45) is 7.22. The summed E-state index contributed by atoms with van der Waals surface area (Å²) < 4.78 is 23.5. The van der Waals surface area contributed by atoms with Gasteiger partial charge in [0, 0.05) is 6.61 Å². The first-order valence-electron chi connectivity index (χ1n) is 11.9. The van der Waals surface area contributed by atoms with E-state index in [-0.39, 0.29) is 24.0 Å². The van der Waals surface area contributed by atoms with Crippen LogP contribution in [0, 0.1) is 11.8 Å². The van der Waals surface area contributed by atoms with Crippen molar-refractivity contribution in [2.75, 3.05) is 13.7 Å². The molecule has 2 saturated heterocycles. The van der Waals surface area contributed by atoms with Crippen molar-refractivity contribution in [1.29, 1.82) is 0 Å². The van der Waals surface area contributed by atoms with Gasteiger partial charge in [-0.3, -0.25) is 9.69 Å². The Morgan fingerprint density at radius 3 is 2.32 bits per heavy atom. The van der Waals surface area contributed by atoms with Crippen molar-refractivity contribution in [2.45, 2.75) is 116 Å². The zero-order chi connectivity index (χ0) is 22.8. The molecule has 3 rings (SSSR count). The summed E-state index contributed by atoms with van der Waals surface area (Å²) in [4.78, 5) is 27.6. The molecular weight excluding hydrogens is 398 g/mol. The quantitative estimate of drug-likeness (QED) is 0.593. The molecule has 0 spiro atoms. The van der Waals surface area contributed by atoms with Gasteiger partial charge in [-0.15, -0.1) is 0 Å². The van der Waals surface area contributed by atoms with E-state index >= 15 is 0 Å². The Balaban J connectivity index is 1.91. The topological polar surface area (TPSA) is 74.3 Å². The maximum Gasteiger partial charge on any atom is 0.412 e. The second-order valence-electron chi connectivity index (χ2n) is 10.8. The number of carbonyl (C=O) groups excluding carboxylic acids is 2. The largest absolute Gasteiger partial charge is 0.469 e. The molecule has 1 aliphatic carbocycles. The van der Waals surface area contributed by atoms with Crippen LogP contribution in [0.3, 0.4) is 0 Å². The monoisotopic (exact) mass is 439 g/mol. The van der Waals surface area contributed by atoms with Gasteiger partial charge in [0.1, 0.15) is 17.4 Å². The Kier molecular flexibility index (Phi) is 7.57. The van der Waals surface area contributed by atoms with Gasteiger partial charge in [0.05, 0.1) is 25.2 Å². The van der Waals surface area contributed by atoms with Crippen LogP contribution in [-0.4, -0.2) is 60.3 Å². The van der Waals surface area contributed by atoms with Crippen LogP contribution >= 0.6 is 0 Å². The maximum absolute atomic E-state index is 13.3. The number of amides is 1. The molecule has 2 unspecified atom stereocenters. The highest BCUT2D eigenvalue weighted by atomic mass is 16.6. The lowest BCUT2D eigenvalue weighted by atomic mass is 9.80. The first-order chi connectivity index (χ1) is 14.5. The molecule has 2 aliphatic heterocycles. The standard InChI is InChI=1S/C24H41NO6/c1-23(2,3)31-22(27)25-18(15-16-11-8-7-9-12-16)20(30-24(25,4)5)19-17(21(26)28-6)13-10-14-29-19/h16-20H,7-15H2,1-6H3/t17?,18-,19?,20-/m1/s1. The molecule has 0 bridgehead atoms. The minimum Gasteiger partial charge on any atom is -0.469 e. The second kappa shape index (κ2) is 9.65. The van der Waals surface area contributed by atoms with Crippen molar-refractivity contribution >= 4 is 12.1 Å². The van der Waals surface area contributed by atoms with Gasteiger partial charge >= 0.3 is 12.1 Å². The lowest BCUT2D eigenvalue weighted by Gasteiger charge is -2.38. The minimum absolute atomic E-state index is 0.205. The molecule has 0 aromatic heterocycles.